The van der Waals surface area contributed by atoms with E-state index in [-0.39, 0.29) is 0 Å². The van der Waals surface area contributed by atoms with Gasteiger partial charge in [-0.2, -0.15) is 5.10 Å². The smallest absolute Gasteiger partial charge is 0.165 e. The fraction of sp³-hybridized carbons (Fsp3) is 0.471. The number of hydrogen-bond acceptors (Lipinski definition) is 3. The van der Waals surface area contributed by atoms with Crippen molar-refractivity contribution in [1.82, 2.24) is 15.1 Å². The molecule has 2 aromatic rings. The Morgan fingerprint density at radius 2 is 2.24 bits per heavy atom. The van der Waals surface area contributed by atoms with E-state index in [2.05, 4.69) is 42.5 Å². The first kappa shape index (κ1) is 14.1. The van der Waals surface area contributed by atoms with Gasteiger partial charge in [0.25, 0.3) is 0 Å². The largest absolute Gasteiger partial charge is 0.454 e. The number of rotatable bonds is 7. The van der Waals surface area contributed by atoms with E-state index in [1.165, 1.54) is 18.4 Å². The molecule has 0 bridgehead atoms. The number of hydrogen-bond donors (Lipinski definition) is 1. The Balaban J connectivity index is 1.63. The molecule has 0 atom stereocenters. The molecule has 1 fully saturated rings. The minimum Gasteiger partial charge on any atom is -0.454 e. The topological polar surface area (TPSA) is 39.1 Å². The first-order chi connectivity index (χ1) is 10.2. The van der Waals surface area contributed by atoms with Gasteiger partial charge in [-0.1, -0.05) is 19.1 Å². The van der Waals surface area contributed by atoms with Crippen LogP contribution in [0.25, 0.3) is 0 Å². The molecular weight excluding hydrogens is 262 g/mol. The zero-order chi connectivity index (χ0) is 14.7. The van der Waals surface area contributed by atoms with Gasteiger partial charge in [0, 0.05) is 19.1 Å². The fourth-order valence-corrected chi connectivity index (χ4v) is 2.36. The van der Waals surface area contributed by atoms with Crippen LogP contribution in [0.4, 0.5) is 0 Å². The standard InChI is InChI=1S/C17H23N3O/c1-3-8-20-12-16(11-19-20)21-17-7-4-14(9-13(17)2)10-18-15-5-6-15/h4,7,9,11-12,15,18H,3,5-6,8,10H2,1-2H3. The van der Waals surface area contributed by atoms with E-state index in [0.717, 1.165) is 42.6 Å². The monoisotopic (exact) mass is 285 g/mol. The highest BCUT2D eigenvalue weighted by molar-refractivity contribution is 5.38. The van der Waals surface area contributed by atoms with Crippen molar-refractivity contribution in [1.29, 1.82) is 0 Å². The molecule has 1 saturated carbocycles. The van der Waals surface area contributed by atoms with Gasteiger partial charge in [0.1, 0.15) is 5.75 Å². The average molecular weight is 285 g/mol. The third kappa shape index (κ3) is 3.85. The Morgan fingerprint density at radius 3 is 2.95 bits per heavy atom. The van der Waals surface area contributed by atoms with E-state index in [1.54, 1.807) is 6.20 Å². The second-order valence-corrected chi connectivity index (χ2v) is 5.80. The van der Waals surface area contributed by atoms with E-state index in [9.17, 15) is 0 Å². The van der Waals surface area contributed by atoms with Crippen LogP contribution >= 0.6 is 0 Å². The van der Waals surface area contributed by atoms with Crippen molar-refractivity contribution in [3.8, 4) is 11.5 Å². The maximum absolute atomic E-state index is 5.93. The van der Waals surface area contributed by atoms with Crippen molar-refractivity contribution in [2.24, 2.45) is 0 Å². The van der Waals surface area contributed by atoms with Crippen molar-refractivity contribution < 1.29 is 4.74 Å². The lowest BCUT2D eigenvalue weighted by atomic mass is 10.1. The van der Waals surface area contributed by atoms with E-state index in [4.69, 9.17) is 4.74 Å². The first-order valence-electron chi connectivity index (χ1n) is 7.78. The summed E-state index contributed by atoms with van der Waals surface area (Å²) in [6.45, 7) is 6.10. The minimum atomic E-state index is 0.741. The summed E-state index contributed by atoms with van der Waals surface area (Å²) in [4.78, 5) is 0. The second kappa shape index (κ2) is 6.31. The lowest BCUT2D eigenvalue weighted by Crippen LogP contribution is -2.15. The lowest BCUT2D eigenvalue weighted by molar-refractivity contribution is 0.476. The van der Waals surface area contributed by atoms with Crippen molar-refractivity contribution in [3.63, 3.8) is 0 Å². The molecule has 3 rings (SSSR count). The number of nitrogens with one attached hydrogen (secondary N) is 1. The van der Waals surface area contributed by atoms with E-state index >= 15 is 0 Å². The molecule has 112 valence electrons. The van der Waals surface area contributed by atoms with Crippen LogP contribution in [0.3, 0.4) is 0 Å². The lowest BCUT2D eigenvalue weighted by Gasteiger charge is -2.09. The van der Waals surface area contributed by atoms with Crippen molar-refractivity contribution in [2.75, 3.05) is 0 Å². The highest BCUT2D eigenvalue weighted by Crippen LogP contribution is 2.26. The first-order valence-corrected chi connectivity index (χ1v) is 7.78. The van der Waals surface area contributed by atoms with E-state index < -0.39 is 0 Å². The molecule has 1 aromatic heterocycles. The molecular formula is C17H23N3O. The molecule has 0 unspecified atom stereocenters. The quantitative estimate of drug-likeness (QED) is 0.844. The Labute approximate surface area is 126 Å². The Bertz CT molecular complexity index is 602. The average Bonchev–Trinajstić information content (AvgIpc) is 3.20. The molecule has 1 aliphatic carbocycles. The second-order valence-electron chi connectivity index (χ2n) is 5.80. The van der Waals surface area contributed by atoms with Gasteiger partial charge in [-0.25, -0.2) is 0 Å². The van der Waals surface area contributed by atoms with Crippen LogP contribution in [-0.2, 0) is 13.1 Å². The molecule has 0 radical (unpaired) electrons. The van der Waals surface area contributed by atoms with Gasteiger partial charge in [0.15, 0.2) is 5.75 Å². The minimum absolute atomic E-state index is 0.741. The summed E-state index contributed by atoms with van der Waals surface area (Å²) < 4.78 is 7.84. The summed E-state index contributed by atoms with van der Waals surface area (Å²) >= 11 is 0. The number of aromatic nitrogens is 2. The Morgan fingerprint density at radius 1 is 1.38 bits per heavy atom. The van der Waals surface area contributed by atoms with Crippen molar-refractivity contribution >= 4 is 0 Å². The maximum atomic E-state index is 5.93. The third-order valence-corrected chi connectivity index (χ3v) is 3.70. The summed E-state index contributed by atoms with van der Waals surface area (Å²) in [5.41, 5.74) is 2.47. The van der Waals surface area contributed by atoms with Crippen LogP contribution in [-0.4, -0.2) is 15.8 Å². The van der Waals surface area contributed by atoms with Crippen LogP contribution in [0.1, 0.15) is 37.3 Å². The Kier molecular flexibility index (Phi) is 4.25. The molecule has 4 heteroatoms. The summed E-state index contributed by atoms with van der Waals surface area (Å²) in [6.07, 6.45) is 7.44. The van der Waals surface area contributed by atoms with Gasteiger partial charge in [-0.15, -0.1) is 0 Å². The molecule has 4 nitrogen and oxygen atoms in total. The molecule has 21 heavy (non-hydrogen) atoms. The molecule has 0 saturated heterocycles. The van der Waals surface area contributed by atoms with E-state index in [0.29, 0.717) is 0 Å². The number of nitrogens with zero attached hydrogens (tertiary/aromatic N) is 2. The fourth-order valence-electron chi connectivity index (χ4n) is 2.36. The molecule has 0 amide bonds. The van der Waals surface area contributed by atoms with Crippen LogP contribution in [0.2, 0.25) is 0 Å². The van der Waals surface area contributed by atoms with Gasteiger partial charge in [0.05, 0.1) is 12.4 Å². The van der Waals surface area contributed by atoms with E-state index in [1.807, 2.05) is 10.9 Å². The van der Waals surface area contributed by atoms with Crippen molar-refractivity contribution in [2.45, 2.75) is 52.2 Å². The zero-order valence-electron chi connectivity index (χ0n) is 12.8. The number of ether oxygens (including phenoxy) is 1. The summed E-state index contributed by atoms with van der Waals surface area (Å²) in [5.74, 6) is 1.71. The third-order valence-electron chi connectivity index (χ3n) is 3.70. The van der Waals surface area contributed by atoms with Crippen LogP contribution in [0.5, 0.6) is 11.5 Å². The van der Waals surface area contributed by atoms with Crippen molar-refractivity contribution in [3.05, 3.63) is 41.7 Å². The van der Waals surface area contributed by atoms with Gasteiger partial charge in [-0.3, -0.25) is 4.68 Å². The summed E-state index contributed by atoms with van der Waals surface area (Å²) in [6, 6.07) is 7.12. The molecule has 1 N–H and O–H groups in total. The summed E-state index contributed by atoms with van der Waals surface area (Å²) in [7, 11) is 0. The predicted octanol–water partition coefficient (Wildman–Crippen LogP) is 3.65. The molecule has 1 heterocycles. The molecule has 0 aliphatic heterocycles. The highest BCUT2D eigenvalue weighted by atomic mass is 16.5. The Hall–Kier alpha value is -1.81. The normalized spacial score (nSPS) is 14.4. The maximum Gasteiger partial charge on any atom is 0.165 e. The molecule has 0 spiro atoms. The van der Waals surface area contributed by atoms with Gasteiger partial charge < -0.3 is 10.1 Å². The SMILES string of the molecule is CCCn1cc(Oc2ccc(CNC3CC3)cc2C)cn1. The van der Waals surface area contributed by atoms with Crippen LogP contribution in [0, 0.1) is 6.92 Å². The van der Waals surface area contributed by atoms with Crippen LogP contribution in [0.15, 0.2) is 30.6 Å². The number of benzene rings is 1. The number of aryl methyl sites for hydroxylation is 2. The zero-order valence-corrected chi connectivity index (χ0v) is 12.8. The van der Waals surface area contributed by atoms with Gasteiger partial charge >= 0.3 is 0 Å². The van der Waals surface area contributed by atoms with Crippen LogP contribution < -0.4 is 10.1 Å². The summed E-state index contributed by atoms with van der Waals surface area (Å²) in [5, 5.41) is 7.82. The predicted molar refractivity (Wildman–Crippen MR) is 83.6 cm³/mol. The highest BCUT2D eigenvalue weighted by Gasteiger charge is 2.19. The molecule has 1 aliphatic rings. The molecule has 1 aromatic carbocycles. The van der Waals surface area contributed by atoms with Gasteiger partial charge in [-0.05, 0) is 43.4 Å². The van der Waals surface area contributed by atoms with Gasteiger partial charge in [0.2, 0.25) is 0 Å².